The van der Waals surface area contributed by atoms with E-state index in [0.717, 1.165) is 12.1 Å². The van der Waals surface area contributed by atoms with Crippen LogP contribution in [0.5, 0.6) is 0 Å². The molecule has 24 heavy (non-hydrogen) atoms. The Kier molecular flexibility index (Phi) is 5.74. The normalized spacial score (nSPS) is 21.1. The molecule has 2 atom stereocenters. The standard InChI is InChI=1S/C18H18Cl2N2O2/c19-14-7-6-13(10-15(14)20)17-16(11-21-8-9-24-17)22-18(23)12-4-2-1-3-5-12/h1-7,10,16-17,21H,8-9,11H2,(H,22,23)/t16-,17+/m1/s1. The highest BCUT2D eigenvalue weighted by molar-refractivity contribution is 6.42. The van der Waals surface area contributed by atoms with Crippen LogP contribution in [0.3, 0.4) is 0 Å². The number of rotatable bonds is 3. The van der Waals surface area contributed by atoms with E-state index >= 15 is 0 Å². The molecule has 6 heteroatoms. The molecule has 0 radical (unpaired) electrons. The van der Waals surface area contributed by atoms with Gasteiger partial charge in [-0.2, -0.15) is 0 Å². The summed E-state index contributed by atoms with van der Waals surface area (Å²) < 4.78 is 5.95. The first kappa shape index (κ1) is 17.2. The zero-order valence-electron chi connectivity index (χ0n) is 13.0. The SMILES string of the molecule is O=C(N[C@@H]1CNCCO[C@H]1c1ccc(Cl)c(Cl)c1)c1ccccc1. The third-order valence-corrected chi connectivity index (χ3v) is 4.67. The highest BCUT2D eigenvalue weighted by Crippen LogP contribution is 2.29. The summed E-state index contributed by atoms with van der Waals surface area (Å²) in [6.07, 6.45) is -0.289. The van der Waals surface area contributed by atoms with E-state index in [2.05, 4.69) is 10.6 Å². The molecule has 1 fully saturated rings. The Balaban J connectivity index is 1.82. The van der Waals surface area contributed by atoms with E-state index in [1.165, 1.54) is 0 Å². The van der Waals surface area contributed by atoms with Gasteiger partial charge < -0.3 is 15.4 Å². The highest BCUT2D eigenvalue weighted by Gasteiger charge is 2.28. The van der Waals surface area contributed by atoms with Gasteiger partial charge in [-0.1, -0.05) is 47.5 Å². The first-order valence-corrected chi connectivity index (χ1v) is 8.54. The summed E-state index contributed by atoms with van der Waals surface area (Å²) in [6.45, 7) is 1.90. The smallest absolute Gasteiger partial charge is 0.251 e. The Morgan fingerprint density at radius 1 is 1.12 bits per heavy atom. The predicted molar refractivity (Wildman–Crippen MR) is 95.7 cm³/mol. The maximum Gasteiger partial charge on any atom is 0.251 e. The number of hydrogen-bond donors (Lipinski definition) is 2. The lowest BCUT2D eigenvalue weighted by atomic mass is 10.0. The Hall–Kier alpha value is -1.59. The lowest BCUT2D eigenvalue weighted by Gasteiger charge is -2.26. The summed E-state index contributed by atoms with van der Waals surface area (Å²) in [7, 11) is 0. The molecule has 2 aromatic rings. The molecular formula is C18H18Cl2N2O2. The van der Waals surface area contributed by atoms with E-state index in [1.807, 2.05) is 24.3 Å². The van der Waals surface area contributed by atoms with Crippen molar-refractivity contribution in [1.82, 2.24) is 10.6 Å². The lowest BCUT2D eigenvalue weighted by Crippen LogP contribution is -2.44. The van der Waals surface area contributed by atoms with Crippen molar-refractivity contribution in [2.45, 2.75) is 12.1 Å². The van der Waals surface area contributed by atoms with Gasteiger partial charge in [-0.15, -0.1) is 0 Å². The van der Waals surface area contributed by atoms with E-state index in [9.17, 15) is 4.79 Å². The zero-order chi connectivity index (χ0) is 16.9. The summed E-state index contributed by atoms with van der Waals surface area (Å²) in [6, 6.07) is 14.3. The minimum absolute atomic E-state index is 0.127. The third kappa shape index (κ3) is 4.08. The molecule has 1 saturated heterocycles. The van der Waals surface area contributed by atoms with Crippen molar-refractivity contribution in [3.05, 3.63) is 69.7 Å². The number of hydrogen-bond acceptors (Lipinski definition) is 3. The number of carbonyl (C=O) groups excluding carboxylic acids is 1. The molecule has 0 unspecified atom stereocenters. The molecule has 126 valence electrons. The molecule has 1 aliphatic rings. The second-order valence-electron chi connectivity index (χ2n) is 5.62. The fourth-order valence-corrected chi connectivity index (χ4v) is 3.03. The van der Waals surface area contributed by atoms with E-state index in [-0.39, 0.29) is 18.1 Å². The number of halogens is 2. The molecule has 2 N–H and O–H groups in total. The fraction of sp³-hybridized carbons (Fsp3) is 0.278. The summed E-state index contributed by atoms with van der Waals surface area (Å²) in [5.74, 6) is -0.127. The van der Waals surface area contributed by atoms with Gasteiger partial charge >= 0.3 is 0 Å². The Morgan fingerprint density at radius 3 is 2.67 bits per heavy atom. The molecule has 1 amide bonds. The van der Waals surface area contributed by atoms with Crippen LogP contribution in [0.15, 0.2) is 48.5 Å². The van der Waals surface area contributed by atoms with Crippen LogP contribution in [0.2, 0.25) is 10.0 Å². The van der Waals surface area contributed by atoms with E-state index < -0.39 is 0 Å². The number of benzene rings is 2. The second-order valence-corrected chi connectivity index (χ2v) is 6.43. The summed E-state index contributed by atoms with van der Waals surface area (Å²) in [5.41, 5.74) is 1.51. The van der Waals surface area contributed by atoms with E-state index in [1.54, 1.807) is 24.3 Å². The topological polar surface area (TPSA) is 50.4 Å². The molecule has 0 bridgehead atoms. The van der Waals surface area contributed by atoms with Gasteiger partial charge in [-0.25, -0.2) is 0 Å². The summed E-state index contributed by atoms with van der Waals surface area (Å²) >= 11 is 12.1. The first-order valence-electron chi connectivity index (χ1n) is 7.78. The van der Waals surface area contributed by atoms with E-state index in [4.69, 9.17) is 27.9 Å². The molecule has 0 aromatic heterocycles. The second kappa shape index (κ2) is 7.99. The molecule has 0 aliphatic carbocycles. The molecule has 1 heterocycles. The number of nitrogens with one attached hydrogen (secondary N) is 2. The van der Waals surface area contributed by atoms with Crippen LogP contribution in [0.1, 0.15) is 22.0 Å². The summed E-state index contributed by atoms with van der Waals surface area (Å²) in [5, 5.41) is 7.31. The minimum atomic E-state index is -0.289. The van der Waals surface area contributed by atoms with Crippen LogP contribution in [0.4, 0.5) is 0 Å². The Morgan fingerprint density at radius 2 is 1.92 bits per heavy atom. The van der Waals surface area contributed by atoms with Crippen LogP contribution in [-0.4, -0.2) is 31.6 Å². The maximum atomic E-state index is 12.5. The van der Waals surface area contributed by atoms with Crippen molar-refractivity contribution in [3.63, 3.8) is 0 Å². The van der Waals surface area contributed by atoms with Gasteiger partial charge in [0.1, 0.15) is 6.10 Å². The van der Waals surface area contributed by atoms with Crippen molar-refractivity contribution in [2.24, 2.45) is 0 Å². The molecular weight excluding hydrogens is 347 g/mol. The van der Waals surface area contributed by atoms with Crippen LogP contribution in [0.25, 0.3) is 0 Å². The molecule has 4 nitrogen and oxygen atoms in total. The van der Waals surface area contributed by atoms with Crippen LogP contribution < -0.4 is 10.6 Å². The minimum Gasteiger partial charge on any atom is -0.370 e. The number of ether oxygens (including phenoxy) is 1. The molecule has 0 saturated carbocycles. The average molecular weight is 365 g/mol. The third-order valence-electron chi connectivity index (χ3n) is 3.93. The largest absolute Gasteiger partial charge is 0.370 e. The zero-order valence-corrected chi connectivity index (χ0v) is 14.5. The number of carbonyl (C=O) groups is 1. The quantitative estimate of drug-likeness (QED) is 0.876. The highest BCUT2D eigenvalue weighted by atomic mass is 35.5. The van der Waals surface area contributed by atoms with Gasteiger partial charge in [0.2, 0.25) is 0 Å². The average Bonchev–Trinajstić information content (AvgIpc) is 2.83. The molecule has 3 rings (SSSR count). The predicted octanol–water partition coefficient (Wildman–Crippen LogP) is 3.45. The molecule has 0 spiro atoms. The van der Waals surface area contributed by atoms with Crippen LogP contribution in [-0.2, 0) is 4.74 Å². The van der Waals surface area contributed by atoms with Crippen molar-refractivity contribution < 1.29 is 9.53 Å². The molecule has 1 aliphatic heterocycles. The van der Waals surface area contributed by atoms with Gasteiger partial charge in [-0.3, -0.25) is 4.79 Å². The van der Waals surface area contributed by atoms with Gasteiger partial charge in [-0.05, 0) is 29.8 Å². The molecule has 2 aromatic carbocycles. The van der Waals surface area contributed by atoms with Gasteiger partial charge in [0, 0.05) is 18.7 Å². The summed E-state index contributed by atoms with van der Waals surface area (Å²) in [4.78, 5) is 12.5. The van der Waals surface area contributed by atoms with Gasteiger partial charge in [0.25, 0.3) is 5.91 Å². The maximum absolute atomic E-state index is 12.5. The van der Waals surface area contributed by atoms with Crippen LogP contribution in [0, 0.1) is 0 Å². The number of amides is 1. The monoisotopic (exact) mass is 364 g/mol. The van der Waals surface area contributed by atoms with E-state index in [0.29, 0.717) is 28.8 Å². The Bertz CT molecular complexity index is 709. The Labute approximate surface area is 151 Å². The van der Waals surface area contributed by atoms with Crippen molar-refractivity contribution in [3.8, 4) is 0 Å². The van der Waals surface area contributed by atoms with Gasteiger partial charge in [0.05, 0.1) is 22.7 Å². The van der Waals surface area contributed by atoms with Crippen molar-refractivity contribution >= 4 is 29.1 Å². The first-order chi connectivity index (χ1) is 11.6. The van der Waals surface area contributed by atoms with Gasteiger partial charge in [0.15, 0.2) is 0 Å². The van der Waals surface area contributed by atoms with Crippen molar-refractivity contribution in [2.75, 3.05) is 19.7 Å². The lowest BCUT2D eigenvalue weighted by molar-refractivity contribution is 0.0417. The van der Waals surface area contributed by atoms with Crippen molar-refractivity contribution in [1.29, 1.82) is 0 Å². The van der Waals surface area contributed by atoms with Crippen LogP contribution >= 0.6 is 23.2 Å². The fourth-order valence-electron chi connectivity index (χ4n) is 2.72.